The number of furan rings is 2. The van der Waals surface area contributed by atoms with Crippen LogP contribution in [0.1, 0.15) is 28.6 Å². The summed E-state index contributed by atoms with van der Waals surface area (Å²) in [6.07, 6.45) is 4.90. The van der Waals surface area contributed by atoms with Crippen LogP contribution in [0.2, 0.25) is 0 Å². The van der Waals surface area contributed by atoms with Gasteiger partial charge >= 0.3 is 0 Å². The number of aryl methyl sites for hydroxylation is 1. The predicted octanol–water partition coefficient (Wildman–Crippen LogP) is 5.40. The first-order chi connectivity index (χ1) is 17.5. The molecule has 5 rings (SSSR count). The largest absolute Gasteiger partial charge is 0.496 e. The lowest BCUT2D eigenvalue weighted by molar-refractivity contribution is -0.127. The zero-order valence-electron chi connectivity index (χ0n) is 20.6. The smallest absolute Gasteiger partial charge is 0.289 e. The zero-order valence-corrected chi connectivity index (χ0v) is 20.6. The van der Waals surface area contributed by atoms with Crippen LogP contribution < -0.4 is 4.74 Å². The van der Waals surface area contributed by atoms with Crippen molar-refractivity contribution in [3.63, 3.8) is 0 Å². The highest BCUT2D eigenvalue weighted by Gasteiger charge is 2.26. The number of ether oxygens (including phenoxy) is 1. The van der Waals surface area contributed by atoms with Gasteiger partial charge in [-0.3, -0.25) is 9.59 Å². The van der Waals surface area contributed by atoms with Gasteiger partial charge in [0.15, 0.2) is 5.76 Å². The lowest BCUT2D eigenvalue weighted by Crippen LogP contribution is -2.50. The van der Waals surface area contributed by atoms with Gasteiger partial charge in [-0.1, -0.05) is 30.3 Å². The molecule has 7 nitrogen and oxygen atoms in total. The third-order valence-electron chi connectivity index (χ3n) is 6.71. The van der Waals surface area contributed by atoms with Crippen LogP contribution in [-0.2, 0) is 4.79 Å². The molecule has 2 aromatic heterocycles. The molecule has 0 spiro atoms. The van der Waals surface area contributed by atoms with E-state index in [-0.39, 0.29) is 11.8 Å². The van der Waals surface area contributed by atoms with Crippen molar-refractivity contribution in [2.24, 2.45) is 0 Å². The van der Waals surface area contributed by atoms with E-state index in [2.05, 4.69) is 0 Å². The maximum absolute atomic E-state index is 13.1. The second-order valence-corrected chi connectivity index (χ2v) is 8.90. The van der Waals surface area contributed by atoms with Crippen molar-refractivity contribution < 1.29 is 23.2 Å². The average Bonchev–Trinajstić information content (AvgIpc) is 3.59. The van der Waals surface area contributed by atoms with E-state index in [4.69, 9.17) is 13.6 Å². The number of allylic oxidation sites excluding steroid dienone is 1. The van der Waals surface area contributed by atoms with Crippen LogP contribution in [0.3, 0.4) is 0 Å². The summed E-state index contributed by atoms with van der Waals surface area (Å²) >= 11 is 0. The molecule has 3 heterocycles. The molecule has 1 aliphatic heterocycles. The summed E-state index contributed by atoms with van der Waals surface area (Å²) in [4.78, 5) is 29.1. The zero-order chi connectivity index (χ0) is 25.2. The molecule has 0 saturated carbocycles. The van der Waals surface area contributed by atoms with E-state index >= 15 is 0 Å². The molecule has 1 saturated heterocycles. The summed E-state index contributed by atoms with van der Waals surface area (Å²) in [7, 11) is 1.63. The van der Waals surface area contributed by atoms with E-state index in [1.54, 1.807) is 41.4 Å². The second-order valence-electron chi connectivity index (χ2n) is 8.90. The Morgan fingerprint density at radius 2 is 1.69 bits per heavy atom. The summed E-state index contributed by atoms with van der Waals surface area (Å²) in [6, 6.07) is 15.5. The number of amides is 2. The highest BCUT2D eigenvalue weighted by Crippen LogP contribution is 2.40. The van der Waals surface area contributed by atoms with Gasteiger partial charge in [0.2, 0.25) is 5.91 Å². The molecule has 184 valence electrons. The number of methoxy groups -OCH3 is 1. The van der Waals surface area contributed by atoms with Crippen molar-refractivity contribution in [2.45, 2.75) is 13.8 Å². The Morgan fingerprint density at radius 1 is 0.972 bits per heavy atom. The number of fused-ring (bicyclic) bond motifs is 1. The Bertz CT molecular complexity index is 1430. The molecule has 0 atom stereocenters. The highest BCUT2D eigenvalue weighted by molar-refractivity contribution is 6.01. The normalized spacial score (nSPS) is 14.4. The Kier molecular flexibility index (Phi) is 6.38. The lowest BCUT2D eigenvalue weighted by atomic mass is 9.96. The van der Waals surface area contributed by atoms with Gasteiger partial charge in [0.25, 0.3) is 5.91 Å². The number of nitrogens with zero attached hydrogens (tertiary/aromatic N) is 2. The summed E-state index contributed by atoms with van der Waals surface area (Å²) < 4.78 is 16.9. The van der Waals surface area contributed by atoms with E-state index in [0.29, 0.717) is 37.7 Å². The van der Waals surface area contributed by atoms with Crippen LogP contribution in [0.15, 0.2) is 76.0 Å². The molecule has 4 aromatic rings. The minimum Gasteiger partial charge on any atom is -0.496 e. The van der Waals surface area contributed by atoms with Crippen molar-refractivity contribution in [3.8, 4) is 16.9 Å². The van der Waals surface area contributed by atoms with Crippen molar-refractivity contribution in [2.75, 3.05) is 33.3 Å². The van der Waals surface area contributed by atoms with Crippen molar-refractivity contribution in [1.82, 2.24) is 9.80 Å². The van der Waals surface area contributed by atoms with Gasteiger partial charge in [0.1, 0.15) is 11.3 Å². The molecule has 1 aliphatic rings. The number of hydrogen-bond donors (Lipinski definition) is 0. The first kappa shape index (κ1) is 23.5. The van der Waals surface area contributed by atoms with Gasteiger partial charge in [0.05, 0.1) is 19.6 Å². The highest BCUT2D eigenvalue weighted by atomic mass is 16.5. The predicted molar refractivity (Wildman–Crippen MR) is 138 cm³/mol. The molecule has 1 fully saturated rings. The molecular weight excluding hydrogens is 456 g/mol. The SMILES string of the molecule is COc1c(/C(C)=C/C(=O)N2CCN(C(=O)c3ccco3)CC2)cc2c(-c3ccccc3)coc2c1C. The number of hydrogen-bond acceptors (Lipinski definition) is 5. The molecule has 7 heteroatoms. The van der Waals surface area contributed by atoms with E-state index < -0.39 is 0 Å². The quantitative estimate of drug-likeness (QED) is 0.355. The van der Waals surface area contributed by atoms with Gasteiger partial charge in [-0.05, 0) is 43.2 Å². The lowest BCUT2D eigenvalue weighted by Gasteiger charge is -2.33. The molecule has 36 heavy (non-hydrogen) atoms. The van der Waals surface area contributed by atoms with Crippen LogP contribution in [0.25, 0.3) is 27.7 Å². The minimum atomic E-state index is -0.151. The Balaban J connectivity index is 1.39. The number of piperazine rings is 1. The topological polar surface area (TPSA) is 76.1 Å². The average molecular weight is 485 g/mol. The Hall–Kier alpha value is -4.26. The van der Waals surface area contributed by atoms with E-state index in [1.165, 1.54) is 6.26 Å². The van der Waals surface area contributed by atoms with Crippen LogP contribution >= 0.6 is 0 Å². The first-order valence-electron chi connectivity index (χ1n) is 11.9. The molecular formula is C29H28N2O5. The fourth-order valence-electron chi connectivity index (χ4n) is 4.75. The standard InChI is InChI=1S/C29H28N2O5/c1-19(16-26(32)30-11-13-31(14-12-30)29(33)25-10-7-15-35-25)22-17-23-24(21-8-5-4-6-9-21)18-36-28(23)20(2)27(22)34-3/h4-10,15-18H,11-14H2,1-3H3/b19-16+. The fraction of sp³-hybridized carbons (Fsp3) is 0.241. The Morgan fingerprint density at radius 3 is 2.36 bits per heavy atom. The van der Waals surface area contributed by atoms with Crippen LogP contribution in [0.4, 0.5) is 0 Å². The van der Waals surface area contributed by atoms with Crippen molar-refractivity contribution >= 4 is 28.4 Å². The van der Waals surface area contributed by atoms with E-state index in [1.807, 2.05) is 50.2 Å². The van der Waals surface area contributed by atoms with Gasteiger partial charge < -0.3 is 23.4 Å². The number of carbonyl (C=O) groups excluding carboxylic acids is 2. The monoisotopic (exact) mass is 484 g/mol. The number of benzene rings is 2. The first-order valence-corrected chi connectivity index (χ1v) is 11.9. The van der Waals surface area contributed by atoms with Crippen LogP contribution in [-0.4, -0.2) is 54.9 Å². The molecule has 2 aromatic carbocycles. The third-order valence-corrected chi connectivity index (χ3v) is 6.71. The second kappa shape index (κ2) is 9.77. The minimum absolute atomic E-state index is 0.0899. The summed E-state index contributed by atoms with van der Waals surface area (Å²) in [5, 5.41) is 0.972. The number of rotatable bonds is 5. The van der Waals surface area contributed by atoms with Gasteiger partial charge in [-0.15, -0.1) is 0 Å². The summed E-state index contributed by atoms with van der Waals surface area (Å²) in [5.74, 6) is 0.763. The van der Waals surface area contributed by atoms with Gasteiger partial charge in [-0.2, -0.15) is 0 Å². The summed E-state index contributed by atoms with van der Waals surface area (Å²) in [5.41, 5.74) is 5.36. The van der Waals surface area contributed by atoms with Gasteiger partial charge in [0, 0.05) is 54.3 Å². The molecule has 0 aliphatic carbocycles. The number of carbonyl (C=O) groups is 2. The maximum atomic E-state index is 13.1. The molecule has 0 bridgehead atoms. The summed E-state index contributed by atoms with van der Waals surface area (Å²) in [6.45, 7) is 5.73. The van der Waals surface area contributed by atoms with Crippen molar-refractivity contribution in [3.05, 3.63) is 84.0 Å². The molecule has 2 amide bonds. The van der Waals surface area contributed by atoms with Crippen LogP contribution in [0, 0.1) is 6.92 Å². The van der Waals surface area contributed by atoms with E-state index in [9.17, 15) is 9.59 Å². The van der Waals surface area contributed by atoms with Crippen molar-refractivity contribution in [1.29, 1.82) is 0 Å². The van der Waals surface area contributed by atoms with Gasteiger partial charge in [-0.25, -0.2) is 0 Å². The third kappa shape index (κ3) is 4.28. The Labute approximate surface area is 209 Å². The molecule has 0 N–H and O–H groups in total. The molecule has 0 radical (unpaired) electrons. The van der Waals surface area contributed by atoms with E-state index in [0.717, 1.165) is 38.8 Å². The van der Waals surface area contributed by atoms with Crippen LogP contribution in [0.5, 0.6) is 5.75 Å². The molecule has 0 unspecified atom stereocenters. The fourth-order valence-corrected chi connectivity index (χ4v) is 4.75. The maximum Gasteiger partial charge on any atom is 0.289 e.